The van der Waals surface area contributed by atoms with Gasteiger partial charge in [0.2, 0.25) is 0 Å². The van der Waals surface area contributed by atoms with E-state index >= 15 is 0 Å². The Morgan fingerprint density at radius 1 is 0.439 bits per heavy atom. The van der Waals surface area contributed by atoms with E-state index in [2.05, 4.69) is 209 Å². The lowest BCUT2D eigenvalue weighted by atomic mass is 9.33. The Labute approximate surface area is 335 Å². The largest absolute Gasteiger partial charge is 0.456 e. The predicted molar refractivity (Wildman–Crippen MR) is 246 cm³/mol. The lowest BCUT2D eigenvalue weighted by Gasteiger charge is -2.45. The molecule has 57 heavy (non-hydrogen) atoms. The van der Waals surface area contributed by atoms with Gasteiger partial charge < -0.3 is 19.1 Å². The average Bonchev–Trinajstić information content (AvgIpc) is 3.62. The number of nitrogens with zero attached hydrogens (tertiary/aromatic N) is 3. The highest BCUT2D eigenvalue weighted by atomic mass is 32.3. The molecule has 0 N–H and O–H groups in total. The summed E-state index contributed by atoms with van der Waals surface area (Å²) in [6, 6.07) is 68.5. The Morgan fingerprint density at radius 3 is 1.68 bits per heavy atom. The Balaban J connectivity index is 1.19. The third-order valence-corrected chi connectivity index (χ3v) is 13.2. The van der Waals surface area contributed by atoms with Crippen LogP contribution in [0.15, 0.2) is 197 Å². The third-order valence-electron chi connectivity index (χ3n) is 11.6. The van der Waals surface area contributed by atoms with Crippen LogP contribution in [0.1, 0.15) is 0 Å². The molecule has 0 amide bonds. The first-order valence-electron chi connectivity index (χ1n) is 19.5. The van der Waals surface area contributed by atoms with Gasteiger partial charge in [0.05, 0.1) is 0 Å². The van der Waals surface area contributed by atoms with Crippen LogP contribution in [0.25, 0.3) is 21.9 Å². The molecule has 9 aromatic rings. The molecule has 0 radical (unpaired) electrons. The van der Waals surface area contributed by atoms with Crippen molar-refractivity contribution in [1.29, 1.82) is 0 Å². The molecular formula is C51H40BN3OS. The van der Waals surface area contributed by atoms with Gasteiger partial charge in [0.25, 0.3) is 6.71 Å². The number of para-hydroxylation sites is 5. The van der Waals surface area contributed by atoms with Gasteiger partial charge in [-0.3, -0.25) is 0 Å². The van der Waals surface area contributed by atoms with Crippen LogP contribution < -0.4 is 31.1 Å². The van der Waals surface area contributed by atoms with E-state index in [1.54, 1.807) is 0 Å². The molecule has 0 atom stereocenters. The quantitative estimate of drug-likeness (QED) is 0.158. The molecule has 274 valence electrons. The Bertz CT molecular complexity index is 2980. The molecule has 0 aliphatic carbocycles. The highest BCUT2D eigenvalue weighted by molar-refractivity contribution is 8.32. The fourth-order valence-electron chi connectivity index (χ4n) is 8.99. The first kappa shape index (κ1) is 33.7. The predicted octanol–water partition coefficient (Wildman–Crippen LogP) is 12.2. The van der Waals surface area contributed by atoms with Gasteiger partial charge in [0.15, 0.2) is 0 Å². The normalized spacial score (nSPS) is 13.4. The zero-order chi connectivity index (χ0) is 38.3. The van der Waals surface area contributed by atoms with Gasteiger partial charge >= 0.3 is 0 Å². The fraction of sp³-hybridized carbons (Fsp3) is 0.0588. The van der Waals surface area contributed by atoms with E-state index in [9.17, 15) is 0 Å². The molecule has 0 bridgehead atoms. The summed E-state index contributed by atoms with van der Waals surface area (Å²) in [5, 5.41) is 2.22. The number of benzene rings is 8. The fourth-order valence-corrected chi connectivity index (χ4v) is 9.92. The summed E-state index contributed by atoms with van der Waals surface area (Å²) in [5.74, 6) is 0. The Hall–Kier alpha value is -6.63. The Morgan fingerprint density at radius 2 is 0.982 bits per heavy atom. The van der Waals surface area contributed by atoms with Crippen molar-refractivity contribution in [3.8, 4) is 0 Å². The van der Waals surface area contributed by atoms with E-state index in [4.69, 9.17) is 4.42 Å². The van der Waals surface area contributed by atoms with Crippen LogP contribution in [0, 0.1) is 0 Å². The van der Waals surface area contributed by atoms with Crippen molar-refractivity contribution in [2.45, 2.75) is 4.90 Å². The molecule has 8 aromatic carbocycles. The topological polar surface area (TPSA) is 22.9 Å². The van der Waals surface area contributed by atoms with E-state index in [1.165, 1.54) is 49.7 Å². The number of rotatable bonds is 6. The SMILES string of the molecule is CS(C)(C)c1cc2c3c(c1)N(c1ccccc1)c1cc(N(c4ccccc4)c4ccc5oc6ccccc6c5c4)ccc1B3c1ccccc1N2c1ccccc1. The number of anilines is 9. The van der Waals surface area contributed by atoms with Gasteiger partial charge in [0.1, 0.15) is 11.2 Å². The summed E-state index contributed by atoms with van der Waals surface area (Å²) in [6.45, 7) is 0.0398. The van der Waals surface area contributed by atoms with Crippen LogP contribution in [0.3, 0.4) is 0 Å². The molecule has 11 rings (SSSR count). The van der Waals surface area contributed by atoms with Crippen molar-refractivity contribution in [1.82, 2.24) is 0 Å². The summed E-state index contributed by atoms with van der Waals surface area (Å²) in [7, 11) is -1.12. The summed E-state index contributed by atoms with van der Waals surface area (Å²) < 4.78 is 6.28. The highest BCUT2D eigenvalue weighted by Gasteiger charge is 2.44. The molecule has 0 saturated carbocycles. The van der Waals surface area contributed by atoms with Crippen LogP contribution in [0.2, 0.25) is 0 Å². The molecular weight excluding hydrogens is 713 g/mol. The summed E-state index contributed by atoms with van der Waals surface area (Å²) >= 11 is 0. The molecule has 0 saturated heterocycles. The van der Waals surface area contributed by atoms with Crippen molar-refractivity contribution in [3.63, 3.8) is 0 Å². The Kier molecular flexibility index (Phi) is 7.67. The first-order valence-corrected chi connectivity index (χ1v) is 22.3. The number of fused-ring (bicyclic) bond motifs is 7. The molecule has 2 aliphatic heterocycles. The van der Waals surface area contributed by atoms with Gasteiger partial charge in [-0.05, 0) is 131 Å². The monoisotopic (exact) mass is 753 g/mol. The van der Waals surface area contributed by atoms with Gasteiger partial charge in [-0.25, -0.2) is 10.0 Å². The van der Waals surface area contributed by atoms with Gasteiger partial charge in [0, 0.05) is 62.0 Å². The molecule has 1 aromatic heterocycles. The maximum absolute atomic E-state index is 6.28. The van der Waals surface area contributed by atoms with Gasteiger partial charge in [-0.15, -0.1) is 0 Å². The molecule has 0 fully saturated rings. The van der Waals surface area contributed by atoms with E-state index in [-0.39, 0.29) is 6.71 Å². The van der Waals surface area contributed by atoms with Gasteiger partial charge in [-0.2, -0.15) is 0 Å². The minimum atomic E-state index is -1.12. The molecule has 0 spiro atoms. The van der Waals surface area contributed by atoms with E-state index in [1.807, 2.05) is 12.1 Å². The van der Waals surface area contributed by atoms with E-state index < -0.39 is 10.0 Å². The number of hydrogen-bond donors (Lipinski definition) is 0. The molecule has 6 heteroatoms. The zero-order valence-corrected chi connectivity index (χ0v) is 32.9. The van der Waals surface area contributed by atoms with E-state index in [0.29, 0.717) is 0 Å². The standard InChI is InChI=1S/C51H40BN3OS/c1-57(2,3)40-33-47-51-48(34-40)55(37-21-11-6-12-22-37)46-32-39(27-29-44(46)52(51)43-24-14-15-25-45(43)54(47)36-19-9-5-10-20-36)53(35-17-7-4-8-18-35)38-28-30-50-42(31-38)41-23-13-16-26-49(41)56-50/h4-34H,1-3H3. The summed E-state index contributed by atoms with van der Waals surface area (Å²) in [6.07, 6.45) is 7.21. The second-order valence-corrected chi connectivity index (χ2v) is 19.9. The van der Waals surface area contributed by atoms with Crippen LogP contribution in [-0.2, 0) is 0 Å². The van der Waals surface area contributed by atoms with Crippen LogP contribution in [0.4, 0.5) is 51.2 Å². The first-order chi connectivity index (χ1) is 27.9. The number of hydrogen-bond acceptors (Lipinski definition) is 4. The van der Waals surface area contributed by atoms with Crippen molar-refractivity contribution in [2.24, 2.45) is 0 Å². The third kappa shape index (κ3) is 5.39. The summed E-state index contributed by atoms with van der Waals surface area (Å²) in [4.78, 5) is 8.78. The maximum atomic E-state index is 6.28. The van der Waals surface area contributed by atoms with Crippen molar-refractivity contribution < 1.29 is 4.42 Å². The maximum Gasteiger partial charge on any atom is 0.252 e. The molecule has 0 unspecified atom stereocenters. The van der Waals surface area contributed by atoms with Crippen LogP contribution >= 0.6 is 10.0 Å². The highest BCUT2D eigenvalue weighted by Crippen LogP contribution is 2.52. The second-order valence-electron chi connectivity index (χ2n) is 15.7. The smallest absolute Gasteiger partial charge is 0.252 e. The van der Waals surface area contributed by atoms with E-state index in [0.717, 1.165) is 44.7 Å². The minimum absolute atomic E-state index is 0.0398. The van der Waals surface area contributed by atoms with Gasteiger partial charge in [-0.1, -0.05) is 97.1 Å². The van der Waals surface area contributed by atoms with Crippen LogP contribution in [-0.4, -0.2) is 25.5 Å². The van der Waals surface area contributed by atoms with Crippen molar-refractivity contribution in [3.05, 3.63) is 188 Å². The van der Waals surface area contributed by atoms with Crippen molar-refractivity contribution >= 4 is 106 Å². The number of furan rings is 1. The molecule has 4 nitrogen and oxygen atoms in total. The summed E-state index contributed by atoms with van der Waals surface area (Å²) in [5.41, 5.74) is 16.2. The average molecular weight is 754 g/mol. The second kappa shape index (κ2) is 13.0. The minimum Gasteiger partial charge on any atom is -0.456 e. The van der Waals surface area contributed by atoms with Crippen molar-refractivity contribution in [2.75, 3.05) is 33.5 Å². The lowest BCUT2D eigenvalue weighted by molar-refractivity contribution is 0.669. The lowest BCUT2D eigenvalue weighted by Crippen LogP contribution is -2.61. The zero-order valence-electron chi connectivity index (χ0n) is 32.1. The molecule has 2 aliphatic rings. The van der Waals surface area contributed by atoms with Crippen LogP contribution in [0.5, 0.6) is 0 Å². The molecule has 3 heterocycles.